The molecule has 13 heavy (non-hydrogen) atoms. The van der Waals surface area contributed by atoms with Crippen molar-refractivity contribution in [2.75, 3.05) is 13.1 Å². The van der Waals surface area contributed by atoms with E-state index >= 15 is 0 Å². The van der Waals surface area contributed by atoms with E-state index < -0.39 is 5.97 Å². The number of hydrogen-bond acceptors (Lipinski definition) is 2. The van der Waals surface area contributed by atoms with Crippen LogP contribution in [0.3, 0.4) is 0 Å². The van der Waals surface area contributed by atoms with Gasteiger partial charge in [0.15, 0.2) is 0 Å². The lowest BCUT2D eigenvalue weighted by atomic mass is 10.1. The van der Waals surface area contributed by atoms with E-state index in [0.717, 1.165) is 13.0 Å². The van der Waals surface area contributed by atoms with E-state index in [-0.39, 0.29) is 19.0 Å². The quantitative estimate of drug-likeness (QED) is 0.602. The third kappa shape index (κ3) is 14.6. The van der Waals surface area contributed by atoms with Gasteiger partial charge in [0, 0.05) is 0 Å². The molecule has 0 unspecified atom stereocenters. The second-order valence-corrected chi connectivity index (χ2v) is 2.98. The SMILES string of the molecule is CCCCCCCNCC(=O)O.Cl. The molecule has 0 aliphatic rings. The molecule has 0 radical (unpaired) electrons. The highest BCUT2D eigenvalue weighted by molar-refractivity contribution is 5.85. The number of carboxylic acid groups (broad SMARTS) is 1. The van der Waals surface area contributed by atoms with Crippen molar-refractivity contribution in [1.29, 1.82) is 0 Å². The number of halogens is 1. The highest BCUT2D eigenvalue weighted by Crippen LogP contribution is 2.00. The fraction of sp³-hybridized carbons (Fsp3) is 0.889. The topological polar surface area (TPSA) is 49.3 Å². The van der Waals surface area contributed by atoms with Crippen LogP contribution in [-0.2, 0) is 4.79 Å². The van der Waals surface area contributed by atoms with Gasteiger partial charge in [-0.1, -0.05) is 32.6 Å². The van der Waals surface area contributed by atoms with Gasteiger partial charge in [-0.3, -0.25) is 4.79 Å². The standard InChI is InChI=1S/C9H19NO2.ClH/c1-2-3-4-5-6-7-10-8-9(11)12;/h10H,2-8H2,1H3,(H,11,12);1H. The molecule has 0 aromatic heterocycles. The maximum Gasteiger partial charge on any atom is 0.317 e. The summed E-state index contributed by atoms with van der Waals surface area (Å²) in [5.74, 6) is -0.774. The Morgan fingerprint density at radius 2 is 1.85 bits per heavy atom. The largest absolute Gasteiger partial charge is 0.480 e. The van der Waals surface area contributed by atoms with Gasteiger partial charge in [-0.2, -0.15) is 0 Å². The summed E-state index contributed by atoms with van der Waals surface area (Å²) in [5.41, 5.74) is 0. The molecular formula is C9H20ClNO2. The number of rotatable bonds is 8. The van der Waals surface area contributed by atoms with E-state index in [1.54, 1.807) is 0 Å². The van der Waals surface area contributed by atoms with E-state index in [1.807, 2.05) is 0 Å². The normalized spacial score (nSPS) is 9.31. The van der Waals surface area contributed by atoms with Crippen LogP contribution in [0.5, 0.6) is 0 Å². The Morgan fingerprint density at radius 1 is 1.23 bits per heavy atom. The van der Waals surface area contributed by atoms with Crippen molar-refractivity contribution in [1.82, 2.24) is 5.32 Å². The molecule has 3 nitrogen and oxygen atoms in total. The van der Waals surface area contributed by atoms with Crippen LogP contribution < -0.4 is 5.32 Å². The van der Waals surface area contributed by atoms with Crippen molar-refractivity contribution in [3.8, 4) is 0 Å². The number of unbranched alkanes of at least 4 members (excludes halogenated alkanes) is 4. The molecular weight excluding hydrogens is 190 g/mol. The molecule has 2 N–H and O–H groups in total. The first kappa shape index (κ1) is 15.2. The molecule has 4 heteroatoms. The molecule has 0 aliphatic heterocycles. The molecule has 0 aromatic carbocycles. The second kappa shape index (κ2) is 11.7. The van der Waals surface area contributed by atoms with Gasteiger partial charge >= 0.3 is 5.97 Å². The van der Waals surface area contributed by atoms with Crippen LogP contribution >= 0.6 is 12.4 Å². The van der Waals surface area contributed by atoms with E-state index in [9.17, 15) is 4.79 Å². The molecule has 0 rings (SSSR count). The third-order valence-electron chi connectivity index (χ3n) is 1.73. The highest BCUT2D eigenvalue weighted by Gasteiger charge is 1.93. The molecule has 0 bridgehead atoms. The molecule has 80 valence electrons. The van der Waals surface area contributed by atoms with E-state index in [1.165, 1.54) is 25.7 Å². The van der Waals surface area contributed by atoms with Gasteiger partial charge in [0.2, 0.25) is 0 Å². The molecule has 0 saturated carbocycles. The van der Waals surface area contributed by atoms with E-state index in [0.29, 0.717) is 0 Å². The first-order valence-corrected chi connectivity index (χ1v) is 4.70. The minimum absolute atomic E-state index is 0. The monoisotopic (exact) mass is 209 g/mol. The fourth-order valence-electron chi connectivity index (χ4n) is 1.05. The minimum Gasteiger partial charge on any atom is -0.480 e. The van der Waals surface area contributed by atoms with Crippen molar-refractivity contribution >= 4 is 18.4 Å². The summed E-state index contributed by atoms with van der Waals surface area (Å²) in [6, 6.07) is 0. The Morgan fingerprint density at radius 3 is 2.38 bits per heavy atom. The molecule has 0 atom stereocenters. The number of hydrogen-bond donors (Lipinski definition) is 2. The van der Waals surface area contributed by atoms with Gasteiger partial charge in [0.05, 0.1) is 6.54 Å². The Bertz CT molecular complexity index is 120. The van der Waals surface area contributed by atoms with E-state index in [4.69, 9.17) is 5.11 Å². The fourth-order valence-corrected chi connectivity index (χ4v) is 1.05. The number of carbonyl (C=O) groups is 1. The number of aliphatic carboxylic acids is 1. The lowest BCUT2D eigenvalue weighted by molar-refractivity contribution is -0.135. The van der Waals surface area contributed by atoms with Gasteiger partial charge in [-0.05, 0) is 13.0 Å². The zero-order valence-electron chi connectivity index (χ0n) is 8.21. The maximum atomic E-state index is 10.1. The number of carboxylic acids is 1. The van der Waals surface area contributed by atoms with Crippen LogP contribution in [0.4, 0.5) is 0 Å². The van der Waals surface area contributed by atoms with Crippen LogP contribution in [0, 0.1) is 0 Å². The minimum atomic E-state index is -0.774. The number of nitrogens with one attached hydrogen (secondary N) is 1. The van der Waals surface area contributed by atoms with Crippen LogP contribution in [0.15, 0.2) is 0 Å². The first-order valence-electron chi connectivity index (χ1n) is 4.70. The van der Waals surface area contributed by atoms with Gasteiger partial charge in [-0.25, -0.2) is 0 Å². The van der Waals surface area contributed by atoms with Crippen molar-refractivity contribution in [2.45, 2.75) is 39.0 Å². The highest BCUT2D eigenvalue weighted by atomic mass is 35.5. The lowest BCUT2D eigenvalue weighted by Gasteiger charge is -2.00. The molecule has 0 amide bonds. The average Bonchev–Trinajstić information content (AvgIpc) is 2.02. The second-order valence-electron chi connectivity index (χ2n) is 2.98. The summed E-state index contributed by atoms with van der Waals surface area (Å²) >= 11 is 0. The lowest BCUT2D eigenvalue weighted by Crippen LogP contribution is -2.23. The Labute approximate surface area is 86.3 Å². The van der Waals surface area contributed by atoms with Crippen LogP contribution in [0.1, 0.15) is 39.0 Å². The summed E-state index contributed by atoms with van der Waals surface area (Å²) in [6.07, 6.45) is 6.11. The van der Waals surface area contributed by atoms with Gasteiger partial charge in [0.25, 0.3) is 0 Å². The molecule has 0 heterocycles. The zero-order valence-corrected chi connectivity index (χ0v) is 9.03. The summed E-state index contributed by atoms with van der Waals surface area (Å²) in [7, 11) is 0. The van der Waals surface area contributed by atoms with Crippen molar-refractivity contribution in [3.63, 3.8) is 0 Å². The molecule has 0 saturated heterocycles. The van der Waals surface area contributed by atoms with Crippen molar-refractivity contribution in [3.05, 3.63) is 0 Å². The van der Waals surface area contributed by atoms with Crippen LogP contribution in [0.2, 0.25) is 0 Å². The third-order valence-corrected chi connectivity index (χ3v) is 1.73. The average molecular weight is 210 g/mol. The zero-order chi connectivity index (χ0) is 9.23. The molecule has 0 aromatic rings. The Balaban J connectivity index is 0. The Kier molecular flexibility index (Phi) is 13.7. The van der Waals surface area contributed by atoms with E-state index in [2.05, 4.69) is 12.2 Å². The summed E-state index contributed by atoms with van der Waals surface area (Å²) < 4.78 is 0. The smallest absolute Gasteiger partial charge is 0.317 e. The van der Waals surface area contributed by atoms with Crippen LogP contribution in [-0.4, -0.2) is 24.2 Å². The molecule has 0 fully saturated rings. The predicted molar refractivity (Wildman–Crippen MR) is 56.5 cm³/mol. The molecule has 0 spiro atoms. The summed E-state index contributed by atoms with van der Waals surface area (Å²) in [4.78, 5) is 10.1. The van der Waals surface area contributed by atoms with Crippen molar-refractivity contribution in [2.24, 2.45) is 0 Å². The maximum absolute atomic E-state index is 10.1. The predicted octanol–water partition coefficient (Wildman–Crippen LogP) is 2.05. The first-order chi connectivity index (χ1) is 5.77. The molecule has 0 aliphatic carbocycles. The van der Waals surface area contributed by atoms with Crippen LogP contribution in [0.25, 0.3) is 0 Å². The summed E-state index contributed by atoms with van der Waals surface area (Å²) in [6.45, 7) is 3.10. The van der Waals surface area contributed by atoms with Gasteiger partial charge in [-0.15, -0.1) is 12.4 Å². The van der Waals surface area contributed by atoms with Gasteiger partial charge in [0.1, 0.15) is 0 Å². The van der Waals surface area contributed by atoms with Gasteiger partial charge < -0.3 is 10.4 Å². The Hall–Kier alpha value is -0.280. The summed E-state index contributed by atoms with van der Waals surface area (Å²) in [5, 5.41) is 11.2. The van der Waals surface area contributed by atoms with Crippen molar-refractivity contribution < 1.29 is 9.90 Å².